The molecule has 0 saturated heterocycles. The van der Waals surface area contributed by atoms with Crippen molar-refractivity contribution < 1.29 is 36.9 Å². The number of allylic oxidation sites excluding steroid dienone is 1. The standard InChI is InChI=1S/C23H23F3O5/c1-22(2)12-15-10-13(6-8-17(15)31-22)19(27)16(23(24,25)26)11-14-7-9-18(28-3)21(30-5)20(14)29-4/h6-11H,12H2,1-5H3/b16-11+. The summed E-state index contributed by atoms with van der Waals surface area (Å²) in [7, 11) is 4.04. The van der Waals surface area contributed by atoms with Gasteiger partial charge in [-0.25, -0.2) is 0 Å². The molecule has 0 amide bonds. The van der Waals surface area contributed by atoms with Crippen LogP contribution in [0.3, 0.4) is 0 Å². The molecule has 166 valence electrons. The lowest BCUT2D eigenvalue weighted by Crippen LogP contribution is -2.24. The van der Waals surface area contributed by atoms with Crippen LogP contribution in [0.25, 0.3) is 6.08 Å². The van der Waals surface area contributed by atoms with E-state index in [1.807, 2.05) is 13.8 Å². The van der Waals surface area contributed by atoms with Crippen molar-refractivity contribution in [3.63, 3.8) is 0 Å². The Morgan fingerprint density at radius 1 is 1.03 bits per heavy atom. The van der Waals surface area contributed by atoms with E-state index in [2.05, 4.69) is 0 Å². The van der Waals surface area contributed by atoms with Crippen LogP contribution in [0.15, 0.2) is 35.9 Å². The Morgan fingerprint density at radius 2 is 1.71 bits per heavy atom. The van der Waals surface area contributed by atoms with Gasteiger partial charge in [-0.15, -0.1) is 0 Å². The number of methoxy groups -OCH3 is 3. The van der Waals surface area contributed by atoms with E-state index in [1.165, 1.54) is 51.7 Å². The van der Waals surface area contributed by atoms with Crippen molar-refractivity contribution in [2.45, 2.75) is 32.0 Å². The average Bonchev–Trinajstić information content (AvgIpc) is 3.02. The number of hydrogen-bond acceptors (Lipinski definition) is 5. The zero-order valence-electron chi connectivity index (χ0n) is 17.8. The molecule has 1 aliphatic rings. The predicted molar refractivity (Wildman–Crippen MR) is 109 cm³/mol. The molecule has 31 heavy (non-hydrogen) atoms. The largest absolute Gasteiger partial charge is 0.493 e. The van der Waals surface area contributed by atoms with Gasteiger partial charge in [-0.2, -0.15) is 13.2 Å². The Hall–Kier alpha value is -3.16. The van der Waals surface area contributed by atoms with Crippen LogP contribution >= 0.6 is 0 Å². The maximum Gasteiger partial charge on any atom is 0.420 e. The second-order valence-electron chi connectivity index (χ2n) is 7.67. The maximum absolute atomic E-state index is 13.9. The van der Waals surface area contributed by atoms with Crippen LogP contribution in [0.5, 0.6) is 23.0 Å². The number of hydrogen-bond donors (Lipinski definition) is 0. The molecular formula is C23H23F3O5. The highest BCUT2D eigenvalue weighted by molar-refractivity contribution is 6.12. The summed E-state index contributed by atoms with van der Waals surface area (Å²) in [6.07, 6.45) is -3.63. The number of fused-ring (bicyclic) bond motifs is 1. The summed E-state index contributed by atoms with van der Waals surface area (Å²) in [5, 5.41) is 0. The van der Waals surface area contributed by atoms with Gasteiger partial charge in [-0.05, 0) is 55.8 Å². The van der Waals surface area contributed by atoms with E-state index >= 15 is 0 Å². The average molecular weight is 436 g/mol. The number of Topliss-reactive ketones (excluding diaryl/α,β-unsaturated/α-hetero) is 1. The lowest BCUT2D eigenvalue weighted by atomic mass is 9.95. The molecule has 8 heteroatoms. The van der Waals surface area contributed by atoms with Crippen LogP contribution in [0.1, 0.15) is 35.3 Å². The summed E-state index contributed by atoms with van der Waals surface area (Å²) in [6, 6.07) is 7.15. The predicted octanol–water partition coefficient (Wildman–Crippen LogP) is 5.25. The number of ketones is 1. The highest BCUT2D eigenvalue weighted by Gasteiger charge is 2.40. The molecule has 0 fully saturated rings. The van der Waals surface area contributed by atoms with Crippen molar-refractivity contribution in [1.82, 2.24) is 0 Å². The highest BCUT2D eigenvalue weighted by Crippen LogP contribution is 2.42. The summed E-state index contributed by atoms with van der Waals surface area (Å²) in [6.45, 7) is 3.75. The van der Waals surface area contributed by atoms with Crippen LogP contribution in [0, 0.1) is 0 Å². The molecule has 2 aromatic carbocycles. The summed E-state index contributed by atoms with van der Waals surface area (Å²) in [5.74, 6) is -0.125. The molecule has 0 N–H and O–H groups in total. The molecule has 1 heterocycles. The minimum atomic E-state index is -4.88. The SMILES string of the molecule is COc1ccc(/C=C(\C(=O)c2ccc3c(c2)CC(C)(C)O3)C(F)(F)F)c(OC)c1OC. The van der Waals surface area contributed by atoms with Crippen LogP contribution in [-0.4, -0.2) is 38.9 Å². The summed E-state index contributed by atoms with van der Waals surface area (Å²) >= 11 is 0. The molecular weight excluding hydrogens is 413 g/mol. The lowest BCUT2D eigenvalue weighted by Gasteiger charge is -2.16. The molecule has 0 aliphatic carbocycles. The maximum atomic E-state index is 13.9. The van der Waals surface area contributed by atoms with E-state index in [0.717, 1.165) is 6.08 Å². The van der Waals surface area contributed by atoms with Crippen molar-refractivity contribution in [3.05, 3.63) is 52.6 Å². The Balaban J connectivity index is 2.09. The van der Waals surface area contributed by atoms with E-state index in [1.54, 1.807) is 0 Å². The van der Waals surface area contributed by atoms with Gasteiger partial charge in [0.15, 0.2) is 17.3 Å². The smallest absolute Gasteiger partial charge is 0.420 e. The summed E-state index contributed by atoms with van der Waals surface area (Å²) in [4.78, 5) is 12.9. The van der Waals surface area contributed by atoms with E-state index in [0.29, 0.717) is 17.7 Å². The van der Waals surface area contributed by atoms with Crippen molar-refractivity contribution in [3.8, 4) is 23.0 Å². The van der Waals surface area contributed by atoms with E-state index < -0.39 is 23.1 Å². The van der Waals surface area contributed by atoms with Gasteiger partial charge in [-0.3, -0.25) is 4.79 Å². The highest BCUT2D eigenvalue weighted by atomic mass is 19.4. The van der Waals surface area contributed by atoms with Crippen molar-refractivity contribution in [2.75, 3.05) is 21.3 Å². The van der Waals surface area contributed by atoms with Gasteiger partial charge in [0.2, 0.25) is 5.75 Å². The first-order valence-corrected chi connectivity index (χ1v) is 9.45. The monoisotopic (exact) mass is 436 g/mol. The van der Waals surface area contributed by atoms with Gasteiger partial charge >= 0.3 is 6.18 Å². The van der Waals surface area contributed by atoms with Crippen molar-refractivity contribution >= 4 is 11.9 Å². The number of rotatable bonds is 6. The second kappa shape index (κ2) is 8.17. The molecule has 1 aliphatic heterocycles. The van der Waals surface area contributed by atoms with E-state index in [-0.39, 0.29) is 28.4 Å². The van der Waals surface area contributed by atoms with Gasteiger partial charge in [0.25, 0.3) is 0 Å². The third kappa shape index (κ3) is 4.47. The molecule has 0 unspecified atom stereocenters. The van der Waals surface area contributed by atoms with Gasteiger partial charge in [0.05, 0.1) is 21.3 Å². The van der Waals surface area contributed by atoms with Gasteiger partial charge in [0, 0.05) is 17.5 Å². The number of alkyl halides is 3. The van der Waals surface area contributed by atoms with Crippen LogP contribution in [-0.2, 0) is 6.42 Å². The summed E-state index contributed by atoms with van der Waals surface area (Å²) < 4.78 is 63.0. The number of ether oxygens (including phenoxy) is 4. The van der Waals surface area contributed by atoms with Gasteiger partial charge in [0.1, 0.15) is 16.9 Å². The fourth-order valence-electron chi connectivity index (χ4n) is 3.58. The Morgan fingerprint density at radius 3 is 2.29 bits per heavy atom. The molecule has 0 atom stereocenters. The third-order valence-electron chi connectivity index (χ3n) is 4.91. The van der Waals surface area contributed by atoms with E-state index in [9.17, 15) is 18.0 Å². The van der Waals surface area contributed by atoms with Crippen molar-refractivity contribution in [2.24, 2.45) is 0 Å². The molecule has 0 radical (unpaired) electrons. The quantitative estimate of drug-likeness (QED) is 0.457. The first kappa shape index (κ1) is 22.5. The van der Waals surface area contributed by atoms with Crippen molar-refractivity contribution in [1.29, 1.82) is 0 Å². The minimum Gasteiger partial charge on any atom is -0.493 e. The fraction of sp³-hybridized carbons (Fsp3) is 0.348. The first-order chi connectivity index (χ1) is 14.5. The van der Waals surface area contributed by atoms with Crippen LogP contribution in [0.4, 0.5) is 13.2 Å². The van der Waals surface area contributed by atoms with Crippen LogP contribution < -0.4 is 18.9 Å². The number of carbonyl (C=O) groups is 1. The fourth-order valence-corrected chi connectivity index (χ4v) is 3.58. The third-order valence-corrected chi connectivity index (χ3v) is 4.91. The minimum absolute atomic E-state index is 0.0282. The molecule has 0 aromatic heterocycles. The lowest BCUT2D eigenvalue weighted by molar-refractivity contribution is -0.0878. The van der Waals surface area contributed by atoms with Gasteiger partial charge < -0.3 is 18.9 Å². The topological polar surface area (TPSA) is 54.0 Å². The number of benzene rings is 2. The molecule has 2 aromatic rings. The zero-order valence-corrected chi connectivity index (χ0v) is 17.8. The molecule has 5 nitrogen and oxygen atoms in total. The normalized spacial score (nSPS) is 15.2. The van der Waals surface area contributed by atoms with Gasteiger partial charge in [-0.1, -0.05) is 0 Å². The Labute approximate surface area is 178 Å². The first-order valence-electron chi connectivity index (χ1n) is 9.45. The number of carbonyl (C=O) groups excluding carboxylic acids is 1. The Bertz CT molecular complexity index is 1040. The molecule has 0 spiro atoms. The molecule has 3 rings (SSSR count). The summed E-state index contributed by atoms with van der Waals surface area (Å²) in [5.41, 5.74) is -1.13. The Kier molecular flexibility index (Phi) is 5.93. The van der Waals surface area contributed by atoms with E-state index in [4.69, 9.17) is 18.9 Å². The zero-order chi connectivity index (χ0) is 23.0. The number of halogens is 3. The second-order valence-corrected chi connectivity index (χ2v) is 7.67. The molecule has 0 saturated carbocycles. The van der Waals surface area contributed by atoms with Crippen LogP contribution in [0.2, 0.25) is 0 Å². The molecule has 0 bridgehead atoms.